The summed E-state index contributed by atoms with van der Waals surface area (Å²) in [5, 5.41) is 12.5. The zero-order valence-corrected chi connectivity index (χ0v) is 9.71. The van der Waals surface area contributed by atoms with Crippen molar-refractivity contribution in [3.8, 4) is 0 Å². The van der Waals surface area contributed by atoms with Crippen LogP contribution >= 0.6 is 0 Å². The Morgan fingerprint density at radius 3 is 2.20 bits per heavy atom. The van der Waals surface area contributed by atoms with Crippen molar-refractivity contribution in [2.75, 3.05) is 13.1 Å². The Morgan fingerprint density at radius 2 is 1.93 bits per heavy atom. The molecular weight excluding hydrogens is 192 g/mol. The van der Waals surface area contributed by atoms with Gasteiger partial charge >= 0.3 is 6.09 Å². The first-order chi connectivity index (χ1) is 6.84. The highest BCUT2D eigenvalue weighted by Gasteiger charge is 2.52. The number of nitrogens with zero attached hydrogens (tertiary/aromatic N) is 1. The zero-order valence-electron chi connectivity index (χ0n) is 9.71. The van der Waals surface area contributed by atoms with Crippen molar-refractivity contribution in [2.45, 2.75) is 45.2 Å². The highest BCUT2D eigenvalue weighted by atomic mass is 16.4. The number of carboxylic acid groups (broad SMARTS) is 1. The molecule has 1 spiro atoms. The smallest absolute Gasteiger partial charge is 0.407 e. The molecule has 2 aliphatic rings. The monoisotopic (exact) mass is 212 g/mol. The molecular formula is C11H20N2O2. The summed E-state index contributed by atoms with van der Waals surface area (Å²) in [6, 6.07) is 0.226. The van der Waals surface area contributed by atoms with E-state index >= 15 is 0 Å². The van der Waals surface area contributed by atoms with Crippen LogP contribution in [0.15, 0.2) is 0 Å². The number of hydrogen-bond donors (Lipinski definition) is 2. The Balaban J connectivity index is 1.99. The summed E-state index contributed by atoms with van der Waals surface area (Å²) in [4.78, 5) is 12.8. The quantitative estimate of drug-likeness (QED) is 0.693. The van der Waals surface area contributed by atoms with E-state index in [-0.39, 0.29) is 11.6 Å². The van der Waals surface area contributed by atoms with Crippen molar-refractivity contribution >= 4 is 6.09 Å². The van der Waals surface area contributed by atoms with Crippen LogP contribution in [0.2, 0.25) is 0 Å². The summed E-state index contributed by atoms with van der Waals surface area (Å²) in [5.41, 5.74) is 0.152. The molecule has 0 aromatic carbocycles. The molecule has 1 amide bonds. The summed E-state index contributed by atoms with van der Waals surface area (Å²) in [6.45, 7) is 8.03. The molecule has 0 radical (unpaired) electrons. The minimum absolute atomic E-state index is 0.226. The first kappa shape index (κ1) is 10.7. The molecule has 0 aromatic heterocycles. The van der Waals surface area contributed by atoms with Gasteiger partial charge in [0.1, 0.15) is 0 Å². The van der Waals surface area contributed by atoms with E-state index < -0.39 is 6.09 Å². The fraction of sp³-hybridized carbons (Fsp3) is 0.909. The maximum atomic E-state index is 11.2. The second-order valence-corrected chi connectivity index (χ2v) is 5.99. The highest BCUT2D eigenvalue weighted by Crippen LogP contribution is 2.47. The Bertz CT molecular complexity index is 271. The number of carbonyl (C=O) groups is 1. The van der Waals surface area contributed by atoms with Gasteiger partial charge in [0.05, 0.1) is 0 Å². The van der Waals surface area contributed by atoms with E-state index in [0.29, 0.717) is 5.41 Å². The third kappa shape index (κ3) is 1.71. The lowest BCUT2D eigenvalue weighted by Gasteiger charge is -2.58. The van der Waals surface area contributed by atoms with Gasteiger partial charge in [-0.3, -0.25) is 0 Å². The molecule has 86 valence electrons. The molecule has 15 heavy (non-hydrogen) atoms. The van der Waals surface area contributed by atoms with Crippen molar-refractivity contribution < 1.29 is 9.90 Å². The van der Waals surface area contributed by atoms with Gasteiger partial charge in [0.2, 0.25) is 0 Å². The van der Waals surface area contributed by atoms with Crippen LogP contribution in [-0.2, 0) is 0 Å². The third-order valence-electron chi connectivity index (χ3n) is 3.63. The van der Waals surface area contributed by atoms with Crippen molar-refractivity contribution in [3.05, 3.63) is 0 Å². The maximum absolute atomic E-state index is 11.2. The summed E-state index contributed by atoms with van der Waals surface area (Å²) >= 11 is 0. The molecule has 1 aliphatic carbocycles. The van der Waals surface area contributed by atoms with Crippen LogP contribution < -0.4 is 5.32 Å². The maximum Gasteiger partial charge on any atom is 0.407 e. The average Bonchev–Trinajstić information content (AvgIpc) is 1.86. The summed E-state index contributed by atoms with van der Waals surface area (Å²) in [5.74, 6) is 0. The summed E-state index contributed by atoms with van der Waals surface area (Å²) in [6.07, 6.45) is 1.28. The SMILES string of the molecule is CC(C)(C)N(C(=O)O)C1CC2(CNC2)C1. The second kappa shape index (κ2) is 3.11. The van der Waals surface area contributed by atoms with E-state index in [4.69, 9.17) is 0 Å². The van der Waals surface area contributed by atoms with Crippen molar-refractivity contribution in [2.24, 2.45) is 5.41 Å². The van der Waals surface area contributed by atoms with Gasteiger partial charge in [0.25, 0.3) is 0 Å². The number of rotatable bonds is 1. The lowest BCUT2D eigenvalue weighted by atomic mass is 9.61. The predicted molar refractivity (Wildman–Crippen MR) is 57.9 cm³/mol. The fourth-order valence-electron chi connectivity index (χ4n) is 2.88. The van der Waals surface area contributed by atoms with Crippen LogP contribution in [0.4, 0.5) is 4.79 Å². The van der Waals surface area contributed by atoms with Gasteiger partial charge in [-0.1, -0.05) is 0 Å². The van der Waals surface area contributed by atoms with Gasteiger partial charge in [0, 0.05) is 24.7 Å². The molecule has 2 N–H and O–H groups in total. The minimum atomic E-state index is -0.783. The standard InChI is InChI=1S/C11H20N2O2/c1-10(2,3)13(9(14)15)8-4-11(5-8)6-12-7-11/h8,12H,4-7H2,1-3H3,(H,14,15). The molecule has 1 aliphatic heterocycles. The molecule has 1 saturated heterocycles. The molecule has 2 fully saturated rings. The Kier molecular flexibility index (Phi) is 2.23. The van der Waals surface area contributed by atoms with Gasteiger partial charge in [-0.25, -0.2) is 4.79 Å². The van der Waals surface area contributed by atoms with E-state index in [1.54, 1.807) is 4.90 Å². The minimum Gasteiger partial charge on any atom is -0.465 e. The van der Waals surface area contributed by atoms with E-state index in [9.17, 15) is 9.90 Å². The summed E-state index contributed by atoms with van der Waals surface area (Å²) < 4.78 is 0. The predicted octanol–water partition coefficient (Wildman–Crippen LogP) is 1.52. The third-order valence-corrected chi connectivity index (χ3v) is 3.63. The molecule has 4 heteroatoms. The van der Waals surface area contributed by atoms with Crippen LogP contribution in [0.3, 0.4) is 0 Å². The Hall–Kier alpha value is -0.770. The summed E-state index contributed by atoms with van der Waals surface area (Å²) in [7, 11) is 0. The first-order valence-electron chi connectivity index (χ1n) is 5.57. The molecule has 0 bridgehead atoms. The van der Waals surface area contributed by atoms with Crippen LogP contribution in [0.5, 0.6) is 0 Å². The molecule has 1 heterocycles. The van der Waals surface area contributed by atoms with E-state index in [2.05, 4.69) is 5.32 Å². The van der Waals surface area contributed by atoms with E-state index in [1.165, 1.54) is 0 Å². The van der Waals surface area contributed by atoms with Gasteiger partial charge in [-0.05, 0) is 39.0 Å². The fourth-order valence-corrected chi connectivity index (χ4v) is 2.88. The molecule has 4 nitrogen and oxygen atoms in total. The molecule has 2 rings (SSSR count). The van der Waals surface area contributed by atoms with Gasteiger partial charge in [-0.15, -0.1) is 0 Å². The number of amides is 1. The van der Waals surface area contributed by atoms with Gasteiger partial charge in [0.15, 0.2) is 0 Å². The zero-order chi connectivity index (χ0) is 11.3. The highest BCUT2D eigenvalue weighted by molar-refractivity contribution is 5.66. The second-order valence-electron chi connectivity index (χ2n) is 5.99. The first-order valence-corrected chi connectivity index (χ1v) is 5.57. The molecule has 0 atom stereocenters. The van der Waals surface area contributed by atoms with Crippen molar-refractivity contribution in [1.29, 1.82) is 0 Å². The molecule has 0 unspecified atom stereocenters. The topological polar surface area (TPSA) is 52.6 Å². The van der Waals surface area contributed by atoms with E-state index in [0.717, 1.165) is 25.9 Å². The van der Waals surface area contributed by atoms with Crippen LogP contribution in [0.1, 0.15) is 33.6 Å². The van der Waals surface area contributed by atoms with Crippen LogP contribution in [-0.4, -0.2) is 40.8 Å². The largest absolute Gasteiger partial charge is 0.465 e. The van der Waals surface area contributed by atoms with Crippen LogP contribution in [0.25, 0.3) is 0 Å². The van der Waals surface area contributed by atoms with Crippen molar-refractivity contribution in [3.63, 3.8) is 0 Å². The van der Waals surface area contributed by atoms with Gasteiger partial charge in [-0.2, -0.15) is 0 Å². The normalized spacial score (nSPS) is 24.5. The molecule has 0 aromatic rings. The number of hydrogen-bond acceptors (Lipinski definition) is 2. The van der Waals surface area contributed by atoms with Crippen molar-refractivity contribution in [1.82, 2.24) is 10.2 Å². The van der Waals surface area contributed by atoms with E-state index in [1.807, 2.05) is 20.8 Å². The Morgan fingerprint density at radius 1 is 1.40 bits per heavy atom. The Labute approximate surface area is 90.6 Å². The van der Waals surface area contributed by atoms with Crippen LogP contribution in [0, 0.1) is 5.41 Å². The van der Waals surface area contributed by atoms with Gasteiger partial charge < -0.3 is 15.3 Å². The lowest BCUT2D eigenvalue weighted by Crippen LogP contribution is -2.67. The molecule has 1 saturated carbocycles. The number of nitrogens with one attached hydrogen (secondary N) is 1. The average molecular weight is 212 g/mol. The lowest BCUT2D eigenvalue weighted by molar-refractivity contribution is -0.0549.